The van der Waals surface area contributed by atoms with E-state index in [1.165, 1.54) is 0 Å². The molecule has 0 spiro atoms. The van der Waals surface area contributed by atoms with Crippen molar-refractivity contribution in [1.82, 2.24) is 19.8 Å². The van der Waals surface area contributed by atoms with Gasteiger partial charge in [-0.1, -0.05) is 6.92 Å². The van der Waals surface area contributed by atoms with Crippen molar-refractivity contribution in [3.05, 3.63) is 11.4 Å². The Kier molecular flexibility index (Phi) is 4.04. The standard InChI is InChI=1S/C11H20N4O2S/c1-3-12-8-10-11(9(2)13-14-10)18(16,17)15-6-4-5-7-15/h12H,3-8H2,1-2H3,(H,13,14). The highest BCUT2D eigenvalue weighted by molar-refractivity contribution is 7.89. The molecule has 0 bridgehead atoms. The van der Waals surface area contributed by atoms with E-state index < -0.39 is 10.0 Å². The molecule has 102 valence electrons. The zero-order chi connectivity index (χ0) is 13.2. The van der Waals surface area contributed by atoms with Crippen LogP contribution in [0.1, 0.15) is 31.2 Å². The molecule has 1 fully saturated rings. The Hall–Kier alpha value is -0.920. The maximum Gasteiger partial charge on any atom is 0.246 e. The van der Waals surface area contributed by atoms with E-state index >= 15 is 0 Å². The summed E-state index contributed by atoms with van der Waals surface area (Å²) < 4.78 is 26.6. The minimum atomic E-state index is -3.39. The monoisotopic (exact) mass is 272 g/mol. The topological polar surface area (TPSA) is 78.1 Å². The van der Waals surface area contributed by atoms with E-state index in [-0.39, 0.29) is 0 Å². The molecule has 1 aromatic heterocycles. The number of nitrogens with one attached hydrogen (secondary N) is 2. The maximum atomic E-state index is 12.5. The second-order valence-corrected chi connectivity index (χ2v) is 6.39. The third-order valence-corrected chi connectivity index (χ3v) is 5.27. The molecule has 7 heteroatoms. The number of H-pyrrole nitrogens is 1. The van der Waals surface area contributed by atoms with Gasteiger partial charge in [0.05, 0.1) is 11.4 Å². The Morgan fingerprint density at radius 3 is 2.67 bits per heavy atom. The lowest BCUT2D eigenvalue weighted by Crippen LogP contribution is -2.29. The highest BCUT2D eigenvalue weighted by Gasteiger charge is 2.32. The lowest BCUT2D eigenvalue weighted by atomic mass is 10.3. The van der Waals surface area contributed by atoms with Crippen LogP contribution in [0.4, 0.5) is 0 Å². The molecule has 2 rings (SSSR count). The van der Waals surface area contributed by atoms with Crippen molar-refractivity contribution in [2.75, 3.05) is 19.6 Å². The Labute approximate surface area is 108 Å². The molecule has 2 heterocycles. The molecule has 1 aliphatic heterocycles. The number of rotatable bonds is 5. The fourth-order valence-electron chi connectivity index (χ4n) is 2.23. The summed E-state index contributed by atoms with van der Waals surface area (Å²) in [4.78, 5) is 0.352. The van der Waals surface area contributed by atoms with Crippen molar-refractivity contribution < 1.29 is 8.42 Å². The average molecular weight is 272 g/mol. The molecule has 0 aliphatic carbocycles. The third-order valence-electron chi connectivity index (χ3n) is 3.17. The molecular weight excluding hydrogens is 252 g/mol. The Balaban J connectivity index is 2.33. The predicted octanol–water partition coefficient (Wildman–Crippen LogP) is 0.612. The molecule has 0 radical (unpaired) electrons. The summed E-state index contributed by atoms with van der Waals surface area (Å²) in [6.45, 7) is 6.24. The van der Waals surface area contributed by atoms with Crippen LogP contribution in [0.5, 0.6) is 0 Å². The van der Waals surface area contributed by atoms with Crippen molar-refractivity contribution in [3.63, 3.8) is 0 Å². The molecule has 1 aromatic rings. The van der Waals surface area contributed by atoms with Crippen LogP contribution in [-0.2, 0) is 16.6 Å². The number of aromatic nitrogens is 2. The van der Waals surface area contributed by atoms with Crippen LogP contribution in [0.25, 0.3) is 0 Å². The van der Waals surface area contributed by atoms with Gasteiger partial charge in [-0.05, 0) is 26.3 Å². The quantitative estimate of drug-likeness (QED) is 0.823. The minimum Gasteiger partial charge on any atom is -0.311 e. The number of nitrogens with zero attached hydrogens (tertiary/aromatic N) is 2. The fourth-order valence-corrected chi connectivity index (χ4v) is 4.08. The second kappa shape index (κ2) is 5.38. The van der Waals surface area contributed by atoms with Gasteiger partial charge >= 0.3 is 0 Å². The van der Waals surface area contributed by atoms with Crippen LogP contribution >= 0.6 is 0 Å². The Morgan fingerprint density at radius 1 is 1.39 bits per heavy atom. The average Bonchev–Trinajstić information content (AvgIpc) is 2.95. The van der Waals surface area contributed by atoms with Crippen molar-refractivity contribution in [1.29, 1.82) is 0 Å². The molecule has 6 nitrogen and oxygen atoms in total. The number of aryl methyl sites for hydroxylation is 1. The van der Waals surface area contributed by atoms with E-state index in [9.17, 15) is 8.42 Å². The van der Waals surface area contributed by atoms with Crippen LogP contribution in [-0.4, -0.2) is 42.6 Å². The van der Waals surface area contributed by atoms with Crippen molar-refractivity contribution in [2.45, 2.75) is 38.1 Å². The van der Waals surface area contributed by atoms with Crippen LogP contribution in [0.3, 0.4) is 0 Å². The number of hydrogen-bond acceptors (Lipinski definition) is 4. The van der Waals surface area contributed by atoms with E-state index in [0.29, 0.717) is 35.9 Å². The molecule has 2 N–H and O–H groups in total. The Bertz CT molecular complexity index is 503. The summed E-state index contributed by atoms with van der Waals surface area (Å²) in [6, 6.07) is 0. The number of hydrogen-bond donors (Lipinski definition) is 2. The third kappa shape index (κ3) is 2.43. The van der Waals surface area contributed by atoms with Gasteiger partial charge in [0, 0.05) is 19.6 Å². The van der Waals surface area contributed by atoms with Gasteiger partial charge in [0.2, 0.25) is 10.0 Å². The van der Waals surface area contributed by atoms with Crippen LogP contribution in [0, 0.1) is 6.92 Å². The van der Waals surface area contributed by atoms with Crippen LogP contribution < -0.4 is 5.32 Å². The summed E-state index contributed by atoms with van der Waals surface area (Å²) in [7, 11) is -3.39. The second-order valence-electron chi connectivity index (χ2n) is 4.52. The highest BCUT2D eigenvalue weighted by atomic mass is 32.2. The normalized spacial score (nSPS) is 17.4. The summed E-state index contributed by atoms with van der Waals surface area (Å²) in [6.07, 6.45) is 1.89. The summed E-state index contributed by atoms with van der Waals surface area (Å²) in [5.41, 5.74) is 1.20. The van der Waals surface area contributed by atoms with E-state index in [1.54, 1.807) is 11.2 Å². The van der Waals surface area contributed by atoms with Crippen molar-refractivity contribution in [2.24, 2.45) is 0 Å². The Morgan fingerprint density at radius 2 is 2.06 bits per heavy atom. The first-order chi connectivity index (χ1) is 8.57. The predicted molar refractivity (Wildman–Crippen MR) is 68.7 cm³/mol. The van der Waals surface area contributed by atoms with Gasteiger partial charge in [-0.15, -0.1) is 0 Å². The van der Waals surface area contributed by atoms with Gasteiger partial charge in [0.15, 0.2) is 0 Å². The van der Waals surface area contributed by atoms with Crippen molar-refractivity contribution >= 4 is 10.0 Å². The van der Waals surface area contributed by atoms with Gasteiger partial charge in [-0.3, -0.25) is 5.10 Å². The summed E-state index contributed by atoms with van der Waals surface area (Å²) >= 11 is 0. The highest BCUT2D eigenvalue weighted by Crippen LogP contribution is 2.25. The van der Waals surface area contributed by atoms with Gasteiger partial charge in [-0.2, -0.15) is 9.40 Å². The molecule has 1 aliphatic rings. The molecular formula is C11H20N4O2S. The minimum absolute atomic E-state index is 0.352. The van der Waals surface area contributed by atoms with E-state index in [1.807, 2.05) is 6.92 Å². The molecule has 0 atom stereocenters. The van der Waals surface area contributed by atoms with E-state index in [0.717, 1.165) is 19.4 Å². The maximum absolute atomic E-state index is 12.5. The first kappa shape index (κ1) is 13.5. The summed E-state index contributed by atoms with van der Waals surface area (Å²) in [5.74, 6) is 0. The number of sulfonamides is 1. The molecule has 0 saturated carbocycles. The first-order valence-electron chi connectivity index (χ1n) is 6.32. The number of aromatic amines is 1. The molecule has 1 saturated heterocycles. The molecule has 18 heavy (non-hydrogen) atoms. The van der Waals surface area contributed by atoms with E-state index in [4.69, 9.17) is 0 Å². The smallest absolute Gasteiger partial charge is 0.246 e. The fraction of sp³-hybridized carbons (Fsp3) is 0.727. The lowest BCUT2D eigenvalue weighted by Gasteiger charge is -2.16. The first-order valence-corrected chi connectivity index (χ1v) is 7.76. The zero-order valence-electron chi connectivity index (χ0n) is 10.9. The molecule has 0 amide bonds. The van der Waals surface area contributed by atoms with Gasteiger partial charge in [-0.25, -0.2) is 8.42 Å². The van der Waals surface area contributed by atoms with Gasteiger partial charge in [0.25, 0.3) is 0 Å². The van der Waals surface area contributed by atoms with Crippen LogP contribution in [0.15, 0.2) is 4.90 Å². The van der Waals surface area contributed by atoms with E-state index in [2.05, 4.69) is 15.5 Å². The SMILES string of the molecule is CCNCc1n[nH]c(C)c1S(=O)(=O)N1CCCC1. The van der Waals surface area contributed by atoms with Gasteiger partial charge < -0.3 is 5.32 Å². The van der Waals surface area contributed by atoms with Crippen molar-refractivity contribution in [3.8, 4) is 0 Å². The lowest BCUT2D eigenvalue weighted by molar-refractivity contribution is 0.475. The van der Waals surface area contributed by atoms with Gasteiger partial charge in [0.1, 0.15) is 4.90 Å². The summed E-state index contributed by atoms with van der Waals surface area (Å²) in [5, 5.41) is 9.99. The largest absolute Gasteiger partial charge is 0.311 e. The zero-order valence-corrected chi connectivity index (χ0v) is 11.7. The van der Waals surface area contributed by atoms with Crippen LogP contribution in [0.2, 0.25) is 0 Å². The molecule has 0 aromatic carbocycles. The molecule has 0 unspecified atom stereocenters.